The predicted molar refractivity (Wildman–Crippen MR) is 92.5 cm³/mol. The normalized spacial score (nSPS) is 16.5. The summed E-state index contributed by atoms with van der Waals surface area (Å²) in [5, 5.41) is 1.33. The van der Waals surface area contributed by atoms with Crippen LogP contribution in [0.4, 0.5) is 4.39 Å². The molecule has 0 aliphatic carbocycles. The molecule has 0 radical (unpaired) electrons. The fraction of sp³-hybridized carbons (Fsp3) is 0.211. The summed E-state index contributed by atoms with van der Waals surface area (Å²) in [7, 11) is 0. The van der Waals surface area contributed by atoms with Crippen molar-refractivity contribution >= 4 is 22.6 Å². The molecule has 0 saturated heterocycles. The van der Waals surface area contributed by atoms with Gasteiger partial charge in [-0.05, 0) is 30.7 Å². The monoisotopic (exact) mass is 360 g/mol. The highest BCUT2D eigenvalue weighted by Gasteiger charge is 2.27. The van der Waals surface area contributed by atoms with E-state index in [1.54, 1.807) is 18.2 Å². The topological polar surface area (TPSA) is 43.9 Å². The van der Waals surface area contributed by atoms with E-state index in [0.717, 1.165) is 27.0 Å². The highest BCUT2D eigenvalue weighted by atomic mass is 35.5. The standard InChI is InChI=1S/C19H15ClFNO3/c1-11-6-17(23)25-18-14(11)7-16(20)19-15(18)9-22(10-24-19)8-12-2-4-13(21)5-3-12/h2-7H,8-10H2,1H3/p+1. The number of quaternary nitrogens is 1. The minimum atomic E-state index is -0.389. The molecule has 1 aromatic heterocycles. The van der Waals surface area contributed by atoms with Crippen molar-refractivity contribution < 1.29 is 18.4 Å². The van der Waals surface area contributed by atoms with Crippen molar-refractivity contribution in [2.75, 3.05) is 6.73 Å². The van der Waals surface area contributed by atoms with Crippen LogP contribution in [0.15, 0.2) is 45.6 Å². The molecule has 4 rings (SSSR count). The van der Waals surface area contributed by atoms with Gasteiger partial charge >= 0.3 is 5.63 Å². The van der Waals surface area contributed by atoms with Crippen LogP contribution >= 0.6 is 11.6 Å². The van der Waals surface area contributed by atoms with Crippen LogP contribution in [-0.4, -0.2) is 6.73 Å². The summed E-state index contributed by atoms with van der Waals surface area (Å²) >= 11 is 6.36. The van der Waals surface area contributed by atoms with Crippen molar-refractivity contribution in [1.29, 1.82) is 0 Å². The Labute approximate surface area is 148 Å². The summed E-state index contributed by atoms with van der Waals surface area (Å²) in [6, 6.07) is 9.65. The summed E-state index contributed by atoms with van der Waals surface area (Å²) in [5.74, 6) is 0.319. The van der Waals surface area contributed by atoms with E-state index in [4.69, 9.17) is 20.8 Å². The average Bonchev–Trinajstić information content (AvgIpc) is 2.58. The van der Waals surface area contributed by atoms with Gasteiger partial charge in [0.15, 0.2) is 11.3 Å². The van der Waals surface area contributed by atoms with Gasteiger partial charge in [0, 0.05) is 17.0 Å². The van der Waals surface area contributed by atoms with E-state index in [1.165, 1.54) is 18.2 Å². The van der Waals surface area contributed by atoms with Gasteiger partial charge in [0.2, 0.25) is 6.73 Å². The highest BCUT2D eigenvalue weighted by Crippen LogP contribution is 2.36. The molecule has 2 aromatic carbocycles. The second-order valence-electron chi connectivity index (χ2n) is 6.31. The van der Waals surface area contributed by atoms with Crippen LogP contribution in [0.25, 0.3) is 11.0 Å². The van der Waals surface area contributed by atoms with Crippen molar-refractivity contribution in [3.05, 3.63) is 74.3 Å². The molecule has 0 spiro atoms. The Morgan fingerprint density at radius 1 is 1.24 bits per heavy atom. The van der Waals surface area contributed by atoms with Crippen LogP contribution < -0.4 is 15.3 Å². The van der Waals surface area contributed by atoms with Gasteiger partial charge < -0.3 is 9.15 Å². The Kier molecular flexibility index (Phi) is 3.98. The van der Waals surface area contributed by atoms with E-state index in [0.29, 0.717) is 36.2 Å². The number of fused-ring (bicyclic) bond motifs is 3. The summed E-state index contributed by atoms with van der Waals surface area (Å²) in [4.78, 5) is 12.9. The fourth-order valence-electron chi connectivity index (χ4n) is 3.26. The molecule has 128 valence electrons. The lowest BCUT2D eigenvalue weighted by Gasteiger charge is -2.27. The maximum Gasteiger partial charge on any atom is 0.336 e. The molecule has 6 heteroatoms. The molecule has 3 aromatic rings. The van der Waals surface area contributed by atoms with Gasteiger partial charge in [0.25, 0.3) is 0 Å². The van der Waals surface area contributed by atoms with Crippen LogP contribution in [0.3, 0.4) is 0 Å². The Bertz CT molecular complexity index is 1010. The van der Waals surface area contributed by atoms with E-state index in [1.807, 2.05) is 6.92 Å². The van der Waals surface area contributed by atoms with Crippen molar-refractivity contribution in [1.82, 2.24) is 0 Å². The van der Waals surface area contributed by atoms with Crippen molar-refractivity contribution in [2.45, 2.75) is 20.0 Å². The molecule has 4 nitrogen and oxygen atoms in total. The van der Waals surface area contributed by atoms with Crippen LogP contribution in [0, 0.1) is 12.7 Å². The Morgan fingerprint density at radius 3 is 2.76 bits per heavy atom. The number of rotatable bonds is 2. The van der Waals surface area contributed by atoms with E-state index in [2.05, 4.69) is 0 Å². The smallest absolute Gasteiger partial charge is 0.336 e. The molecule has 0 fully saturated rings. The van der Waals surface area contributed by atoms with Gasteiger partial charge in [-0.2, -0.15) is 0 Å². The lowest BCUT2D eigenvalue weighted by Crippen LogP contribution is -3.10. The maximum atomic E-state index is 13.1. The first-order valence-corrected chi connectivity index (χ1v) is 8.35. The van der Waals surface area contributed by atoms with E-state index in [9.17, 15) is 9.18 Å². The van der Waals surface area contributed by atoms with Gasteiger partial charge in [-0.25, -0.2) is 9.18 Å². The second-order valence-corrected chi connectivity index (χ2v) is 6.72. The molecular weight excluding hydrogens is 345 g/mol. The number of hydrogen-bond donors (Lipinski definition) is 1. The SMILES string of the molecule is Cc1cc(=O)oc2c3c(c(Cl)cc12)OC[NH+](Cc1ccc(F)cc1)C3. The first kappa shape index (κ1) is 16.1. The summed E-state index contributed by atoms with van der Waals surface area (Å²) in [5.41, 5.74) is 2.77. The van der Waals surface area contributed by atoms with Gasteiger partial charge in [0.1, 0.15) is 18.9 Å². The van der Waals surface area contributed by atoms with E-state index >= 15 is 0 Å². The zero-order valence-corrected chi connectivity index (χ0v) is 14.3. The number of aryl methyl sites for hydroxylation is 1. The highest BCUT2D eigenvalue weighted by molar-refractivity contribution is 6.33. The van der Waals surface area contributed by atoms with E-state index in [-0.39, 0.29) is 11.4 Å². The Hall–Kier alpha value is -2.37. The van der Waals surface area contributed by atoms with Crippen molar-refractivity contribution in [2.24, 2.45) is 0 Å². The predicted octanol–water partition coefficient (Wildman–Crippen LogP) is 2.83. The zero-order chi connectivity index (χ0) is 17.6. The summed E-state index contributed by atoms with van der Waals surface area (Å²) in [6.07, 6.45) is 0. The van der Waals surface area contributed by atoms with Crippen molar-refractivity contribution in [3.8, 4) is 5.75 Å². The minimum Gasteiger partial charge on any atom is -0.443 e. The molecule has 25 heavy (non-hydrogen) atoms. The second kappa shape index (κ2) is 6.17. The molecule has 1 atom stereocenters. The molecule has 0 saturated carbocycles. The number of ether oxygens (including phenoxy) is 1. The minimum absolute atomic E-state index is 0.256. The lowest BCUT2D eigenvalue weighted by atomic mass is 10.0. The number of hydrogen-bond acceptors (Lipinski definition) is 3. The van der Waals surface area contributed by atoms with Crippen LogP contribution in [-0.2, 0) is 13.1 Å². The van der Waals surface area contributed by atoms with Gasteiger partial charge in [0.05, 0.1) is 10.6 Å². The molecule has 2 heterocycles. The molecule has 1 N–H and O–H groups in total. The maximum absolute atomic E-state index is 13.1. The average molecular weight is 361 g/mol. The third-order valence-corrected chi connectivity index (χ3v) is 4.74. The Balaban J connectivity index is 1.74. The van der Waals surface area contributed by atoms with Crippen LogP contribution in [0.5, 0.6) is 5.75 Å². The van der Waals surface area contributed by atoms with Crippen LogP contribution in [0.2, 0.25) is 5.02 Å². The summed E-state index contributed by atoms with van der Waals surface area (Å²) in [6.45, 7) is 3.57. The van der Waals surface area contributed by atoms with Gasteiger partial charge in [-0.1, -0.05) is 23.7 Å². The third kappa shape index (κ3) is 3.01. The van der Waals surface area contributed by atoms with Crippen LogP contribution in [0.1, 0.15) is 16.7 Å². The van der Waals surface area contributed by atoms with E-state index < -0.39 is 0 Å². The zero-order valence-electron chi connectivity index (χ0n) is 13.6. The number of nitrogens with one attached hydrogen (secondary N) is 1. The lowest BCUT2D eigenvalue weighted by molar-refractivity contribution is -0.945. The fourth-order valence-corrected chi connectivity index (χ4v) is 3.54. The quantitative estimate of drug-likeness (QED) is 0.715. The first-order chi connectivity index (χ1) is 12.0. The molecule has 1 aliphatic rings. The molecule has 0 bridgehead atoms. The molecular formula is C19H16ClFNO3+. The Morgan fingerprint density at radius 2 is 2.00 bits per heavy atom. The molecule has 0 amide bonds. The van der Waals surface area contributed by atoms with Gasteiger partial charge in [-0.15, -0.1) is 0 Å². The van der Waals surface area contributed by atoms with Gasteiger partial charge in [-0.3, -0.25) is 4.90 Å². The third-order valence-electron chi connectivity index (χ3n) is 4.46. The van der Waals surface area contributed by atoms with Crippen molar-refractivity contribution in [3.63, 3.8) is 0 Å². The number of benzene rings is 2. The number of halogens is 2. The molecule has 1 unspecified atom stereocenters. The molecule has 1 aliphatic heterocycles. The largest absolute Gasteiger partial charge is 0.443 e. The summed E-state index contributed by atoms with van der Waals surface area (Å²) < 4.78 is 24.4. The first-order valence-electron chi connectivity index (χ1n) is 7.98.